The van der Waals surface area contributed by atoms with E-state index in [1.807, 2.05) is 19.1 Å². The molecule has 9 heteroatoms. The normalized spacial score (nSPS) is 16.6. The monoisotopic (exact) mass is 447 g/mol. The van der Waals surface area contributed by atoms with Gasteiger partial charge in [0.15, 0.2) is 5.96 Å². The minimum atomic E-state index is -3.42. The Morgan fingerprint density at radius 1 is 1.16 bits per heavy atom. The molecule has 1 saturated heterocycles. The Hall–Kier alpha value is -2.36. The van der Waals surface area contributed by atoms with Crippen LogP contribution in [0.5, 0.6) is 0 Å². The number of guanidine groups is 1. The lowest BCUT2D eigenvalue weighted by atomic mass is 10.2. The highest BCUT2D eigenvalue weighted by atomic mass is 32.2. The molecular formula is C22H33N5O3S. The molecule has 1 unspecified atom stereocenters. The fourth-order valence-corrected chi connectivity index (χ4v) is 4.53. The van der Waals surface area contributed by atoms with Crippen molar-refractivity contribution < 1.29 is 12.8 Å². The second-order valence-corrected chi connectivity index (χ2v) is 9.93. The van der Waals surface area contributed by atoms with E-state index in [0.29, 0.717) is 13.1 Å². The molecule has 1 aliphatic rings. The molecule has 1 fully saturated rings. The number of aliphatic imine (C=N–C) groups is 1. The lowest BCUT2D eigenvalue weighted by Crippen LogP contribution is -2.42. The molecule has 1 aromatic carbocycles. The summed E-state index contributed by atoms with van der Waals surface area (Å²) in [5, 5.41) is 6.72. The van der Waals surface area contributed by atoms with Gasteiger partial charge in [-0.15, -0.1) is 0 Å². The predicted octanol–water partition coefficient (Wildman–Crippen LogP) is 2.42. The van der Waals surface area contributed by atoms with Crippen LogP contribution < -0.4 is 10.6 Å². The van der Waals surface area contributed by atoms with Crippen LogP contribution in [-0.2, 0) is 16.6 Å². The number of furan rings is 1. The Morgan fingerprint density at radius 2 is 1.87 bits per heavy atom. The van der Waals surface area contributed by atoms with Crippen LogP contribution in [0.25, 0.3) is 0 Å². The Balaban J connectivity index is 1.65. The van der Waals surface area contributed by atoms with Gasteiger partial charge in [-0.25, -0.2) is 17.7 Å². The SMILES string of the molecule is CCNC(=NCc1ccc(S(=O)(=O)N(C)C)cc1)NCC(c1ccco1)N1CCCC1. The summed E-state index contributed by atoms with van der Waals surface area (Å²) in [4.78, 5) is 7.40. The Morgan fingerprint density at radius 3 is 2.45 bits per heavy atom. The Labute approximate surface area is 185 Å². The lowest BCUT2D eigenvalue weighted by Gasteiger charge is -2.26. The van der Waals surface area contributed by atoms with Crippen LogP contribution in [0.1, 0.15) is 37.1 Å². The van der Waals surface area contributed by atoms with Crippen molar-refractivity contribution in [3.8, 4) is 0 Å². The summed E-state index contributed by atoms with van der Waals surface area (Å²) in [5.41, 5.74) is 0.942. The maximum atomic E-state index is 12.2. The Kier molecular flexibility index (Phi) is 8.11. The van der Waals surface area contributed by atoms with Crippen LogP contribution >= 0.6 is 0 Å². The first-order valence-electron chi connectivity index (χ1n) is 10.7. The number of nitrogens with one attached hydrogen (secondary N) is 2. The van der Waals surface area contributed by atoms with Crippen LogP contribution in [-0.4, -0.2) is 63.9 Å². The number of benzene rings is 1. The zero-order valence-electron chi connectivity index (χ0n) is 18.5. The van der Waals surface area contributed by atoms with Crippen LogP contribution in [0, 0.1) is 0 Å². The third-order valence-electron chi connectivity index (χ3n) is 5.38. The predicted molar refractivity (Wildman–Crippen MR) is 122 cm³/mol. The van der Waals surface area contributed by atoms with E-state index in [2.05, 4.69) is 20.5 Å². The fraction of sp³-hybridized carbons (Fsp3) is 0.500. The third kappa shape index (κ3) is 6.09. The quantitative estimate of drug-likeness (QED) is 0.453. The van der Waals surface area contributed by atoms with E-state index in [0.717, 1.165) is 36.9 Å². The lowest BCUT2D eigenvalue weighted by molar-refractivity contribution is 0.215. The van der Waals surface area contributed by atoms with E-state index >= 15 is 0 Å². The van der Waals surface area contributed by atoms with Crippen molar-refractivity contribution in [3.05, 3.63) is 54.0 Å². The fourth-order valence-electron chi connectivity index (χ4n) is 3.63. The van der Waals surface area contributed by atoms with Crippen molar-refractivity contribution in [2.75, 3.05) is 40.3 Å². The van der Waals surface area contributed by atoms with Crippen LogP contribution in [0.15, 0.2) is 57.0 Å². The minimum absolute atomic E-state index is 0.164. The number of hydrogen-bond donors (Lipinski definition) is 2. The molecule has 0 amide bonds. The molecule has 0 bridgehead atoms. The summed E-state index contributed by atoms with van der Waals surface area (Å²) in [6, 6.07) is 11.0. The maximum absolute atomic E-state index is 12.2. The second kappa shape index (κ2) is 10.8. The number of sulfonamides is 1. The van der Waals surface area contributed by atoms with Gasteiger partial charge in [0, 0.05) is 27.2 Å². The molecule has 0 radical (unpaired) electrons. The average molecular weight is 448 g/mol. The molecule has 2 heterocycles. The van der Waals surface area contributed by atoms with Gasteiger partial charge in [0.05, 0.1) is 23.7 Å². The Bertz CT molecular complexity index is 934. The van der Waals surface area contributed by atoms with Gasteiger partial charge in [-0.2, -0.15) is 0 Å². The summed E-state index contributed by atoms with van der Waals surface area (Å²) < 4.78 is 31.3. The van der Waals surface area contributed by atoms with Gasteiger partial charge < -0.3 is 15.1 Å². The van der Waals surface area contributed by atoms with Crippen molar-refractivity contribution in [1.82, 2.24) is 19.8 Å². The first-order valence-corrected chi connectivity index (χ1v) is 12.2. The van der Waals surface area contributed by atoms with Gasteiger partial charge >= 0.3 is 0 Å². The summed E-state index contributed by atoms with van der Waals surface area (Å²) >= 11 is 0. The summed E-state index contributed by atoms with van der Waals surface area (Å²) in [5.74, 6) is 1.69. The third-order valence-corrected chi connectivity index (χ3v) is 7.21. The molecule has 1 aromatic heterocycles. The highest BCUT2D eigenvalue weighted by molar-refractivity contribution is 7.89. The van der Waals surface area contributed by atoms with Gasteiger partial charge in [0.1, 0.15) is 5.76 Å². The van der Waals surface area contributed by atoms with Gasteiger partial charge in [0.25, 0.3) is 0 Å². The average Bonchev–Trinajstić information content (AvgIpc) is 3.47. The summed E-state index contributed by atoms with van der Waals surface area (Å²) in [6.45, 7) is 6.07. The van der Waals surface area contributed by atoms with Crippen molar-refractivity contribution >= 4 is 16.0 Å². The van der Waals surface area contributed by atoms with Gasteiger partial charge in [-0.3, -0.25) is 4.90 Å². The molecule has 0 aliphatic carbocycles. The summed E-state index contributed by atoms with van der Waals surface area (Å²) in [7, 11) is -0.367. The van der Waals surface area contributed by atoms with E-state index in [9.17, 15) is 8.42 Å². The molecule has 8 nitrogen and oxygen atoms in total. The second-order valence-electron chi connectivity index (χ2n) is 7.78. The number of rotatable bonds is 9. The molecule has 1 aliphatic heterocycles. The van der Waals surface area contributed by atoms with Gasteiger partial charge in [-0.1, -0.05) is 12.1 Å². The number of hydrogen-bond acceptors (Lipinski definition) is 5. The molecule has 3 rings (SSSR count). The first kappa shape index (κ1) is 23.3. The molecule has 31 heavy (non-hydrogen) atoms. The van der Waals surface area contributed by atoms with Crippen LogP contribution in [0.4, 0.5) is 0 Å². The highest BCUT2D eigenvalue weighted by Gasteiger charge is 2.25. The molecule has 170 valence electrons. The topological polar surface area (TPSA) is 90.2 Å². The van der Waals surface area contributed by atoms with E-state index < -0.39 is 10.0 Å². The van der Waals surface area contributed by atoms with E-state index in [1.165, 1.54) is 31.2 Å². The van der Waals surface area contributed by atoms with Crippen molar-refractivity contribution in [2.24, 2.45) is 4.99 Å². The largest absolute Gasteiger partial charge is 0.468 e. The number of likely N-dealkylation sites (tertiary alicyclic amines) is 1. The molecule has 0 saturated carbocycles. The van der Waals surface area contributed by atoms with Crippen molar-refractivity contribution in [3.63, 3.8) is 0 Å². The first-order chi connectivity index (χ1) is 14.9. The minimum Gasteiger partial charge on any atom is -0.468 e. The zero-order chi connectivity index (χ0) is 22.3. The van der Waals surface area contributed by atoms with Crippen molar-refractivity contribution in [2.45, 2.75) is 37.2 Å². The van der Waals surface area contributed by atoms with E-state index in [1.54, 1.807) is 30.5 Å². The van der Waals surface area contributed by atoms with Crippen molar-refractivity contribution in [1.29, 1.82) is 0 Å². The van der Waals surface area contributed by atoms with Crippen LogP contribution in [0.2, 0.25) is 0 Å². The van der Waals surface area contributed by atoms with Crippen LogP contribution in [0.3, 0.4) is 0 Å². The standard InChI is InChI=1S/C22H33N5O3S/c1-4-23-22(24-16-18-9-11-19(12-10-18)31(28,29)26(2)3)25-17-20(21-8-7-15-30-21)27-13-5-6-14-27/h7-12,15,20H,4-6,13-14,16-17H2,1-3H3,(H2,23,24,25). The molecule has 2 N–H and O–H groups in total. The summed E-state index contributed by atoms with van der Waals surface area (Å²) in [6.07, 6.45) is 4.15. The molecular weight excluding hydrogens is 414 g/mol. The van der Waals surface area contributed by atoms with Gasteiger partial charge in [-0.05, 0) is 62.7 Å². The maximum Gasteiger partial charge on any atom is 0.242 e. The highest BCUT2D eigenvalue weighted by Crippen LogP contribution is 2.24. The number of nitrogens with zero attached hydrogens (tertiary/aromatic N) is 3. The van der Waals surface area contributed by atoms with Gasteiger partial charge in [0.2, 0.25) is 10.0 Å². The molecule has 2 aromatic rings. The smallest absolute Gasteiger partial charge is 0.242 e. The van der Waals surface area contributed by atoms with E-state index in [-0.39, 0.29) is 10.9 Å². The molecule has 1 atom stereocenters. The zero-order valence-corrected chi connectivity index (χ0v) is 19.4. The van der Waals surface area contributed by atoms with E-state index in [4.69, 9.17) is 4.42 Å². The molecule has 0 spiro atoms.